The van der Waals surface area contributed by atoms with Gasteiger partial charge in [0, 0.05) is 46.4 Å². The molecule has 0 aromatic carbocycles. The fourth-order valence-electron chi connectivity index (χ4n) is 3.97. The zero-order valence-corrected chi connectivity index (χ0v) is 13.3. The first-order chi connectivity index (χ1) is 10.1. The molecule has 5 heteroatoms. The molecule has 0 aromatic heterocycles. The first kappa shape index (κ1) is 15.3. The van der Waals surface area contributed by atoms with Crippen LogP contribution in [0.4, 0.5) is 0 Å². The third kappa shape index (κ3) is 3.41. The molecule has 0 saturated carbocycles. The Morgan fingerprint density at radius 2 is 1.90 bits per heavy atom. The standard InChI is InChI=1S/C16H28N2O3/c1-17(2)16(19)15-4-3-13-14(21-15)5-8-18(13)11-12-6-9-20-10-7-12/h12-15H,3-11H2,1-2H3/t13-,14-,15+/m1/s1. The highest BCUT2D eigenvalue weighted by atomic mass is 16.5. The normalized spacial score (nSPS) is 34.7. The van der Waals surface area contributed by atoms with Crippen LogP contribution in [0.1, 0.15) is 32.1 Å². The van der Waals surface area contributed by atoms with Gasteiger partial charge >= 0.3 is 0 Å². The summed E-state index contributed by atoms with van der Waals surface area (Å²) in [4.78, 5) is 16.3. The molecule has 0 unspecified atom stereocenters. The fraction of sp³-hybridized carbons (Fsp3) is 0.938. The van der Waals surface area contributed by atoms with E-state index >= 15 is 0 Å². The molecule has 5 nitrogen and oxygen atoms in total. The molecule has 0 spiro atoms. The minimum Gasteiger partial charge on any atom is -0.381 e. The van der Waals surface area contributed by atoms with Gasteiger partial charge in [-0.25, -0.2) is 0 Å². The van der Waals surface area contributed by atoms with Gasteiger partial charge in [-0.1, -0.05) is 0 Å². The van der Waals surface area contributed by atoms with Crippen molar-refractivity contribution in [2.45, 2.75) is 50.4 Å². The lowest BCUT2D eigenvalue weighted by atomic mass is 9.96. The van der Waals surface area contributed by atoms with Crippen molar-refractivity contribution < 1.29 is 14.3 Å². The van der Waals surface area contributed by atoms with Gasteiger partial charge in [-0.15, -0.1) is 0 Å². The van der Waals surface area contributed by atoms with Gasteiger partial charge < -0.3 is 14.4 Å². The molecule has 0 aromatic rings. The largest absolute Gasteiger partial charge is 0.381 e. The van der Waals surface area contributed by atoms with E-state index in [4.69, 9.17) is 9.47 Å². The highest BCUT2D eigenvalue weighted by molar-refractivity contribution is 5.80. The highest BCUT2D eigenvalue weighted by Gasteiger charge is 2.42. The van der Waals surface area contributed by atoms with Crippen LogP contribution < -0.4 is 0 Å². The molecular formula is C16H28N2O3. The monoisotopic (exact) mass is 296 g/mol. The Morgan fingerprint density at radius 3 is 2.62 bits per heavy atom. The van der Waals surface area contributed by atoms with Gasteiger partial charge in [0.15, 0.2) is 0 Å². The molecule has 3 saturated heterocycles. The van der Waals surface area contributed by atoms with Crippen molar-refractivity contribution in [3.8, 4) is 0 Å². The molecule has 120 valence electrons. The molecule has 3 rings (SSSR count). The molecule has 0 radical (unpaired) electrons. The molecule has 3 atom stereocenters. The number of hydrogen-bond donors (Lipinski definition) is 0. The van der Waals surface area contributed by atoms with Gasteiger partial charge in [-0.3, -0.25) is 9.69 Å². The number of likely N-dealkylation sites (tertiary alicyclic amines) is 1. The molecule has 0 N–H and O–H groups in total. The number of carbonyl (C=O) groups is 1. The number of nitrogens with zero attached hydrogens (tertiary/aromatic N) is 2. The predicted octanol–water partition coefficient (Wildman–Crippen LogP) is 1.12. The van der Waals surface area contributed by atoms with Crippen LogP contribution in [0.2, 0.25) is 0 Å². The topological polar surface area (TPSA) is 42.0 Å². The maximum atomic E-state index is 12.1. The van der Waals surface area contributed by atoms with Crippen molar-refractivity contribution in [1.82, 2.24) is 9.80 Å². The zero-order chi connectivity index (χ0) is 14.8. The smallest absolute Gasteiger partial charge is 0.251 e. The van der Waals surface area contributed by atoms with Crippen molar-refractivity contribution >= 4 is 5.91 Å². The number of carbonyl (C=O) groups excluding carboxylic acids is 1. The Labute approximate surface area is 127 Å². The van der Waals surface area contributed by atoms with Gasteiger partial charge in [-0.05, 0) is 38.0 Å². The summed E-state index contributed by atoms with van der Waals surface area (Å²) in [6.45, 7) is 4.14. The van der Waals surface area contributed by atoms with Crippen LogP contribution in [-0.2, 0) is 14.3 Å². The first-order valence-corrected chi connectivity index (χ1v) is 8.33. The van der Waals surface area contributed by atoms with E-state index in [2.05, 4.69) is 4.90 Å². The maximum Gasteiger partial charge on any atom is 0.251 e. The predicted molar refractivity (Wildman–Crippen MR) is 80.1 cm³/mol. The minimum atomic E-state index is -0.218. The Bertz CT molecular complexity index is 369. The molecule has 1 amide bonds. The molecule has 0 aliphatic carbocycles. The van der Waals surface area contributed by atoms with E-state index in [0.717, 1.165) is 44.9 Å². The molecule has 21 heavy (non-hydrogen) atoms. The van der Waals surface area contributed by atoms with Crippen LogP contribution in [0.3, 0.4) is 0 Å². The van der Waals surface area contributed by atoms with Crippen LogP contribution >= 0.6 is 0 Å². The van der Waals surface area contributed by atoms with Crippen LogP contribution in [0, 0.1) is 5.92 Å². The molecule has 3 fully saturated rings. The van der Waals surface area contributed by atoms with Crippen LogP contribution in [0.25, 0.3) is 0 Å². The lowest BCUT2D eigenvalue weighted by Gasteiger charge is -2.37. The second-order valence-corrected chi connectivity index (χ2v) is 6.88. The number of fused-ring (bicyclic) bond motifs is 1. The summed E-state index contributed by atoms with van der Waals surface area (Å²) in [5.74, 6) is 0.898. The van der Waals surface area contributed by atoms with E-state index < -0.39 is 0 Å². The number of ether oxygens (including phenoxy) is 2. The molecule has 0 bridgehead atoms. The highest BCUT2D eigenvalue weighted by Crippen LogP contribution is 2.33. The Morgan fingerprint density at radius 1 is 1.14 bits per heavy atom. The average Bonchev–Trinajstić information content (AvgIpc) is 2.90. The summed E-state index contributed by atoms with van der Waals surface area (Å²) in [6.07, 6.45) is 5.45. The van der Waals surface area contributed by atoms with Crippen molar-refractivity contribution in [2.75, 3.05) is 40.4 Å². The Balaban J connectivity index is 1.53. The number of hydrogen-bond acceptors (Lipinski definition) is 4. The van der Waals surface area contributed by atoms with Crippen molar-refractivity contribution in [1.29, 1.82) is 0 Å². The summed E-state index contributed by atoms with van der Waals surface area (Å²) < 4.78 is 11.5. The van der Waals surface area contributed by atoms with Crippen LogP contribution in [0.5, 0.6) is 0 Å². The summed E-state index contributed by atoms with van der Waals surface area (Å²) in [6, 6.07) is 0.527. The van der Waals surface area contributed by atoms with Crippen LogP contribution in [0.15, 0.2) is 0 Å². The van der Waals surface area contributed by atoms with Crippen molar-refractivity contribution in [2.24, 2.45) is 5.92 Å². The van der Waals surface area contributed by atoms with Crippen molar-refractivity contribution in [3.63, 3.8) is 0 Å². The third-order valence-electron chi connectivity index (χ3n) is 5.21. The summed E-state index contributed by atoms with van der Waals surface area (Å²) in [5.41, 5.74) is 0. The lowest BCUT2D eigenvalue weighted by Crippen LogP contribution is -2.48. The zero-order valence-electron chi connectivity index (χ0n) is 13.3. The van der Waals surface area contributed by atoms with Gasteiger partial charge in [0.05, 0.1) is 6.10 Å². The summed E-state index contributed by atoms with van der Waals surface area (Å²) in [5, 5.41) is 0. The van der Waals surface area contributed by atoms with Gasteiger partial charge in [0.1, 0.15) is 6.10 Å². The van der Waals surface area contributed by atoms with Gasteiger partial charge in [0.25, 0.3) is 5.91 Å². The number of rotatable bonds is 3. The summed E-state index contributed by atoms with van der Waals surface area (Å²) >= 11 is 0. The lowest BCUT2D eigenvalue weighted by molar-refractivity contribution is -0.152. The second-order valence-electron chi connectivity index (χ2n) is 6.88. The first-order valence-electron chi connectivity index (χ1n) is 8.33. The van der Waals surface area contributed by atoms with E-state index in [1.54, 1.807) is 4.90 Å². The summed E-state index contributed by atoms with van der Waals surface area (Å²) in [7, 11) is 3.62. The molecule has 3 heterocycles. The van der Waals surface area contributed by atoms with Gasteiger partial charge in [0.2, 0.25) is 0 Å². The van der Waals surface area contributed by atoms with Crippen molar-refractivity contribution in [3.05, 3.63) is 0 Å². The second kappa shape index (κ2) is 6.63. The average molecular weight is 296 g/mol. The molecular weight excluding hydrogens is 268 g/mol. The number of amides is 1. The van der Waals surface area contributed by atoms with E-state index in [9.17, 15) is 4.79 Å². The Kier molecular flexibility index (Phi) is 4.82. The van der Waals surface area contributed by atoms with E-state index in [1.165, 1.54) is 19.4 Å². The minimum absolute atomic E-state index is 0.122. The number of likely N-dealkylation sites (N-methyl/N-ethyl adjacent to an activating group) is 1. The maximum absolute atomic E-state index is 12.1. The third-order valence-corrected chi connectivity index (χ3v) is 5.21. The van der Waals surface area contributed by atoms with E-state index in [1.807, 2.05) is 14.1 Å². The quantitative estimate of drug-likeness (QED) is 0.783. The van der Waals surface area contributed by atoms with E-state index in [-0.39, 0.29) is 18.1 Å². The van der Waals surface area contributed by atoms with E-state index in [0.29, 0.717) is 6.04 Å². The molecule has 3 aliphatic heterocycles. The van der Waals surface area contributed by atoms with Gasteiger partial charge in [-0.2, -0.15) is 0 Å². The fourth-order valence-corrected chi connectivity index (χ4v) is 3.97. The van der Waals surface area contributed by atoms with Crippen LogP contribution in [-0.4, -0.2) is 74.4 Å². The Hall–Kier alpha value is -0.650. The SMILES string of the molecule is CN(C)C(=O)[C@@H]1CC[C@@H]2[C@@H](CCN2CC2CCOCC2)O1. The molecule has 3 aliphatic rings.